The van der Waals surface area contributed by atoms with Crippen molar-refractivity contribution < 1.29 is 14.2 Å². The molecule has 0 amide bonds. The van der Waals surface area contributed by atoms with E-state index in [2.05, 4.69) is 16.2 Å². The molecule has 1 heterocycles. The van der Waals surface area contributed by atoms with E-state index in [-0.39, 0.29) is 18.5 Å². The lowest BCUT2D eigenvalue weighted by atomic mass is 9.95. The number of benzene rings is 1. The summed E-state index contributed by atoms with van der Waals surface area (Å²) in [7, 11) is 0. The van der Waals surface area contributed by atoms with Crippen molar-refractivity contribution in [1.82, 2.24) is 16.2 Å². The van der Waals surface area contributed by atoms with Gasteiger partial charge < -0.3 is 15.2 Å². The highest BCUT2D eigenvalue weighted by atomic mass is 19.1. The molecular formula is C14H22FN3O2. The Morgan fingerprint density at radius 3 is 2.85 bits per heavy atom. The molecule has 0 aromatic heterocycles. The molecular weight excluding hydrogens is 261 g/mol. The van der Waals surface area contributed by atoms with Crippen LogP contribution in [-0.4, -0.2) is 44.6 Å². The maximum Gasteiger partial charge on any atom is 0.123 e. The first-order valence-electron chi connectivity index (χ1n) is 6.94. The summed E-state index contributed by atoms with van der Waals surface area (Å²) in [6, 6.07) is 6.79. The molecule has 4 N–H and O–H groups in total. The molecule has 5 nitrogen and oxygen atoms in total. The fourth-order valence-corrected chi connectivity index (χ4v) is 2.35. The summed E-state index contributed by atoms with van der Waals surface area (Å²) in [6.45, 7) is 3.51. The molecule has 2 rings (SSSR count). The number of hydrogen-bond donors (Lipinski definition) is 4. The molecule has 1 aliphatic rings. The van der Waals surface area contributed by atoms with Gasteiger partial charge in [-0.3, -0.25) is 5.43 Å². The van der Waals surface area contributed by atoms with Gasteiger partial charge in [-0.2, -0.15) is 0 Å². The van der Waals surface area contributed by atoms with Crippen LogP contribution in [0, 0.1) is 11.7 Å². The third-order valence-corrected chi connectivity index (χ3v) is 3.39. The van der Waals surface area contributed by atoms with Gasteiger partial charge in [0.05, 0.1) is 25.9 Å². The quantitative estimate of drug-likeness (QED) is 0.513. The van der Waals surface area contributed by atoms with Crippen molar-refractivity contribution in [3.05, 3.63) is 35.6 Å². The van der Waals surface area contributed by atoms with Crippen molar-refractivity contribution in [3.8, 4) is 0 Å². The van der Waals surface area contributed by atoms with Crippen molar-refractivity contribution in [1.29, 1.82) is 0 Å². The minimum atomic E-state index is -0.213. The molecule has 20 heavy (non-hydrogen) atoms. The normalized spacial score (nSPS) is 22.3. The molecule has 2 atom stereocenters. The molecule has 0 bridgehead atoms. The Morgan fingerprint density at radius 1 is 1.30 bits per heavy atom. The van der Waals surface area contributed by atoms with Gasteiger partial charge in [-0.05, 0) is 17.7 Å². The van der Waals surface area contributed by atoms with E-state index < -0.39 is 0 Å². The Bertz CT molecular complexity index is 389. The van der Waals surface area contributed by atoms with E-state index in [4.69, 9.17) is 9.84 Å². The molecule has 1 fully saturated rings. The zero-order valence-corrected chi connectivity index (χ0v) is 11.4. The van der Waals surface area contributed by atoms with Gasteiger partial charge in [-0.25, -0.2) is 9.82 Å². The van der Waals surface area contributed by atoms with E-state index in [1.807, 2.05) is 12.1 Å². The average molecular weight is 283 g/mol. The summed E-state index contributed by atoms with van der Waals surface area (Å²) in [5.41, 5.74) is 7.46. The second kappa shape index (κ2) is 8.28. The van der Waals surface area contributed by atoms with Crippen LogP contribution in [0.15, 0.2) is 24.3 Å². The van der Waals surface area contributed by atoms with Gasteiger partial charge in [0.25, 0.3) is 0 Å². The molecule has 1 aromatic rings. The maximum atomic E-state index is 12.9. The zero-order chi connectivity index (χ0) is 14.2. The van der Waals surface area contributed by atoms with Crippen LogP contribution < -0.4 is 16.2 Å². The van der Waals surface area contributed by atoms with Crippen LogP contribution in [0.5, 0.6) is 0 Å². The fourth-order valence-electron chi connectivity index (χ4n) is 2.35. The number of nitrogens with one attached hydrogen (secondary N) is 3. The SMILES string of the molecule is OCCOCCNCC1CNNC1c1ccc(F)cc1. The molecule has 2 unspecified atom stereocenters. The van der Waals surface area contributed by atoms with Gasteiger partial charge in [-0.1, -0.05) is 12.1 Å². The van der Waals surface area contributed by atoms with Crippen molar-refractivity contribution >= 4 is 0 Å². The van der Waals surface area contributed by atoms with Gasteiger partial charge in [0.15, 0.2) is 0 Å². The van der Waals surface area contributed by atoms with E-state index in [1.165, 1.54) is 12.1 Å². The number of hydrogen-bond acceptors (Lipinski definition) is 5. The van der Waals surface area contributed by atoms with Gasteiger partial charge in [0.1, 0.15) is 5.82 Å². The Kier molecular flexibility index (Phi) is 6.35. The minimum Gasteiger partial charge on any atom is -0.394 e. The number of ether oxygens (including phenoxy) is 1. The monoisotopic (exact) mass is 283 g/mol. The Balaban J connectivity index is 1.75. The Hall–Kier alpha value is -1.05. The van der Waals surface area contributed by atoms with Crippen LogP contribution in [0.25, 0.3) is 0 Å². The molecule has 0 saturated carbocycles. The van der Waals surface area contributed by atoms with Crippen LogP contribution in [0.4, 0.5) is 4.39 Å². The number of aliphatic hydroxyl groups excluding tert-OH is 1. The van der Waals surface area contributed by atoms with E-state index in [1.54, 1.807) is 0 Å². The summed E-state index contributed by atoms with van der Waals surface area (Å²) in [5.74, 6) is 0.189. The lowest BCUT2D eigenvalue weighted by Crippen LogP contribution is -2.30. The first-order valence-corrected chi connectivity index (χ1v) is 6.94. The van der Waals surface area contributed by atoms with Gasteiger partial charge in [0, 0.05) is 25.6 Å². The smallest absolute Gasteiger partial charge is 0.123 e. The standard InChI is InChI=1S/C14H22FN3O2/c15-13-3-1-11(2-4-13)14-12(10-17-18-14)9-16-5-7-20-8-6-19/h1-4,12,14,16-19H,5-10H2. The topological polar surface area (TPSA) is 65.5 Å². The van der Waals surface area contributed by atoms with E-state index in [0.717, 1.165) is 25.2 Å². The molecule has 6 heteroatoms. The molecule has 0 spiro atoms. The average Bonchev–Trinajstić information content (AvgIpc) is 2.92. The van der Waals surface area contributed by atoms with Crippen LogP contribution in [0.3, 0.4) is 0 Å². The number of rotatable bonds is 8. The number of aliphatic hydroxyl groups is 1. The van der Waals surface area contributed by atoms with E-state index >= 15 is 0 Å². The highest BCUT2D eigenvalue weighted by Crippen LogP contribution is 2.24. The third-order valence-electron chi connectivity index (χ3n) is 3.39. The summed E-state index contributed by atoms with van der Waals surface area (Å²) >= 11 is 0. The van der Waals surface area contributed by atoms with Crippen LogP contribution in [0.1, 0.15) is 11.6 Å². The maximum absolute atomic E-state index is 12.9. The fraction of sp³-hybridized carbons (Fsp3) is 0.571. The molecule has 0 aliphatic carbocycles. The van der Waals surface area contributed by atoms with Crippen molar-refractivity contribution in [2.75, 3.05) is 39.5 Å². The molecule has 1 aromatic carbocycles. The van der Waals surface area contributed by atoms with Crippen LogP contribution >= 0.6 is 0 Å². The van der Waals surface area contributed by atoms with E-state index in [9.17, 15) is 4.39 Å². The van der Waals surface area contributed by atoms with Crippen LogP contribution in [-0.2, 0) is 4.74 Å². The first-order chi connectivity index (χ1) is 9.81. The minimum absolute atomic E-state index is 0.0586. The Morgan fingerprint density at radius 2 is 2.10 bits per heavy atom. The van der Waals surface area contributed by atoms with Crippen molar-refractivity contribution in [2.24, 2.45) is 5.92 Å². The lowest BCUT2D eigenvalue weighted by Gasteiger charge is -2.19. The van der Waals surface area contributed by atoms with E-state index in [0.29, 0.717) is 19.1 Å². The van der Waals surface area contributed by atoms with Gasteiger partial charge in [-0.15, -0.1) is 0 Å². The van der Waals surface area contributed by atoms with Gasteiger partial charge >= 0.3 is 0 Å². The summed E-state index contributed by atoms with van der Waals surface area (Å²) in [5, 5.41) is 11.9. The highest BCUT2D eigenvalue weighted by molar-refractivity contribution is 5.21. The predicted octanol–water partition coefficient (Wildman–Crippen LogP) is 0.189. The zero-order valence-electron chi connectivity index (χ0n) is 11.4. The summed E-state index contributed by atoms with van der Waals surface area (Å²) in [6.07, 6.45) is 0. The lowest BCUT2D eigenvalue weighted by molar-refractivity contribution is 0.0934. The Labute approximate surface area is 118 Å². The largest absolute Gasteiger partial charge is 0.394 e. The molecule has 0 radical (unpaired) electrons. The highest BCUT2D eigenvalue weighted by Gasteiger charge is 2.27. The number of hydrazine groups is 1. The van der Waals surface area contributed by atoms with Gasteiger partial charge in [0.2, 0.25) is 0 Å². The number of halogens is 1. The van der Waals surface area contributed by atoms with Crippen molar-refractivity contribution in [2.45, 2.75) is 6.04 Å². The molecule has 112 valence electrons. The second-order valence-corrected chi connectivity index (χ2v) is 4.85. The summed E-state index contributed by atoms with van der Waals surface area (Å²) in [4.78, 5) is 0. The third kappa shape index (κ3) is 4.50. The first kappa shape index (κ1) is 15.3. The summed E-state index contributed by atoms with van der Waals surface area (Å²) < 4.78 is 18.1. The van der Waals surface area contributed by atoms with Crippen LogP contribution in [0.2, 0.25) is 0 Å². The van der Waals surface area contributed by atoms with Crippen molar-refractivity contribution in [3.63, 3.8) is 0 Å². The predicted molar refractivity (Wildman–Crippen MR) is 74.5 cm³/mol. The second-order valence-electron chi connectivity index (χ2n) is 4.85. The molecule has 1 aliphatic heterocycles. The molecule has 1 saturated heterocycles.